The molecule has 0 unspecified atom stereocenters. The van der Waals surface area contributed by atoms with Gasteiger partial charge >= 0.3 is 6.01 Å². The lowest BCUT2D eigenvalue weighted by Crippen LogP contribution is -2.24. The van der Waals surface area contributed by atoms with Crippen LogP contribution in [-0.4, -0.2) is 16.7 Å². The van der Waals surface area contributed by atoms with E-state index in [1.165, 1.54) is 11.1 Å². The summed E-state index contributed by atoms with van der Waals surface area (Å²) in [6.45, 7) is 3.74. The van der Waals surface area contributed by atoms with Gasteiger partial charge < -0.3 is 15.2 Å². The van der Waals surface area contributed by atoms with E-state index in [4.69, 9.17) is 4.52 Å². The molecule has 0 atom stereocenters. The number of anilines is 2. The van der Waals surface area contributed by atoms with E-state index in [0.717, 1.165) is 25.2 Å². The van der Waals surface area contributed by atoms with Crippen LogP contribution in [0.4, 0.5) is 11.7 Å². The summed E-state index contributed by atoms with van der Waals surface area (Å²) in [7, 11) is 0. The highest BCUT2D eigenvalue weighted by Gasteiger charge is 2.13. The van der Waals surface area contributed by atoms with Crippen molar-refractivity contribution in [2.75, 3.05) is 11.9 Å². The number of benzene rings is 1. The number of fused-ring (bicyclic) bond motifs is 1. The molecule has 2 heterocycles. The van der Waals surface area contributed by atoms with Gasteiger partial charge in [0, 0.05) is 12.2 Å². The van der Waals surface area contributed by atoms with Crippen LogP contribution in [0.3, 0.4) is 0 Å². The fraction of sp³-hybridized carbons (Fsp3) is 0.333. The average Bonchev–Trinajstić information content (AvgIpc) is 2.75. The van der Waals surface area contributed by atoms with Gasteiger partial charge in [-0.2, -0.15) is 4.98 Å². The van der Waals surface area contributed by atoms with Gasteiger partial charge in [-0.15, -0.1) is 0 Å². The molecule has 0 amide bonds. The molecule has 0 saturated heterocycles. The highest BCUT2D eigenvalue weighted by Crippen LogP contribution is 2.25. The summed E-state index contributed by atoms with van der Waals surface area (Å²) in [4.78, 5) is 4.15. The third-order valence-corrected chi connectivity index (χ3v) is 2.91. The van der Waals surface area contributed by atoms with Gasteiger partial charge in [-0.25, -0.2) is 0 Å². The van der Waals surface area contributed by atoms with Gasteiger partial charge in [-0.1, -0.05) is 17.3 Å². The normalized spacial score (nSPS) is 14.4. The maximum atomic E-state index is 5.07. The first-order valence-electron chi connectivity index (χ1n) is 5.72. The molecule has 0 saturated carbocycles. The molecule has 0 bridgehead atoms. The van der Waals surface area contributed by atoms with E-state index in [9.17, 15) is 0 Å². The van der Waals surface area contributed by atoms with Crippen LogP contribution in [-0.2, 0) is 13.0 Å². The molecule has 0 fully saturated rings. The third kappa shape index (κ3) is 2.01. The van der Waals surface area contributed by atoms with Crippen molar-refractivity contribution in [1.82, 2.24) is 15.5 Å². The SMILES string of the molecule is Cc1noc(Nc2cccc3c2CCNC3)n1. The molecule has 1 aromatic heterocycles. The van der Waals surface area contributed by atoms with Crippen LogP contribution in [0, 0.1) is 6.92 Å². The Morgan fingerprint density at radius 2 is 2.35 bits per heavy atom. The number of hydrogen-bond donors (Lipinski definition) is 2. The first kappa shape index (κ1) is 10.3. The molecule has 2 aromatic rings. The highest BCUT2D eigenvalue weighted by atomic mass is 16.5. The van der Waals surface area contributed by atoms with Crippen molar-refractivity contribution in [3.8, 4) is 0 Å². The van der Waals surface area contributed by atoms with E-state index in [-0.39, 0.29) is 0 Å². The molecule has 5 nitrogen and oxygen atoms in total. The smallest absolute Gasteiger partial charge is 0.315 e. The molecular weight excluding hydrogens is 216 g/mol. The molecule has 3 rings (SSSR count). The largest absolute Gasteiger partial charge is 0.325 e. The molecule has 1 aromatic carbocycles. The summed E-state index contributed by atoms with van der Waals surface area (Å²) in [6, 6.07) is 6.68. The van der Waals surface area contributed by atoms with E-state index in [0.29, 0.717) is 11.8 Å². The average molecular weight is 230 g/mol. The van der Waals surface area contributed by atoms with Gasteiger partial charge in [0.2, 0.25) is 0 Å². The zero-order valence-corrected chi connectivity index (χ0v) is 9.66. The van der Waals surface area contributed by atoms with Crippen molar-refractivity contribution in [2.24, 2.45) is 0 Å². The summed E-state index contributed by atoms with van der Waals surface area (Å²) in [5, 5.41) is 10.3. The van der Waals surface area contributed by atoms with Crippen LogP contribution in [0.5, 0.6) is 0 Å². The quantitative estimate of drug-likeness (QED) is 0.823. The van der Waals surface area contributed by atoms with E-state index < -0.39 is 0 Å². The van der Waals surface area contributed by atoms with Crippen LogP contribution < -0.4 is 10.6 Å². The lowest BCUT2D eigenvalue weighted by atomic mass is 9.99. The number of nitrogens with zero attached hydrogens (tertiary/aromatic N) is 2. The number of aromatic nitrogens is 2. The van der Waals surface area contributed by atoms with Crippen molar-refractivity contribution in [1.29, 1.82) is 0 Å². The fourth-order valence-corrected chi connectivity index (χ4v) is 2.11. The Labute approximate surface area is 99.2 Å². The van der Waals surface area contributed by atoms with Gasteiger partial charge in [0.15, 0.2) is 5.82 Å². The Balaban J connectivity index is 1.92. The fourth-order valence-electron chi connectivity index (χ4n) is 2.11. The van der Waals surface area contributed by atoms with Gasteiger partial charge in [-0.05, 0) is 37.1 Å². The second-order valence-corrected chi connectivity index (χ2v) is 4.14. The van der Waals surface area contributed by atoms with E-state index in [1.54, 1.807) is 6.92 Å². The van der Waals surface area contributed by atoms with Crippen LogP contribution in [0.25, 0.3) is 0 Å². The Hall–Kier alpha value is -1.88. The highest BCUT2D eigenvalue weighted by molar-refractivity contribution is 5.60. The molecule has 0 spiro atoms. The monoisotopic (exact) mass is 230 g/mol. The Morgan fingerprint density at radius 3 is 3.18 bits per heavy atom. The molecule has 88 valence electrons. The maximum Gasteiger partial charge on any atom is 0.325 e. The number of aryl methyl sites for hydroxylation is 1. The molecule has 0 radical (unpaired) electrons. The van der Waals surface area contributed by atoms with Crippen molar-refractivity contribution in [2.45, 2.75) is 19.9 Å². The van der Waals surface area contributed by atoms with Crippen molar-refractivity contribution >= 4 is 11.7 Å². The van der Waals surface area contributed by atoms with Crippen molar-refractivity contribution < 1.29 is 4.52 Å². The Kier molecular flexibility index (Phi) is 2.53. The summed E-state index contributed by atoms with van der Waals surface area (Å²) in [5.74, 6) is 0.638. The molecule has 1 aliphatic heterocycles. The van der Waals surface area contributed by atoms with E-state index >= 15 is 0 Å². The predicted octanol–water partition coefficient (Wildman–Crippen LogP) is 1.77. The van der Waals surface area contributed by atoms with E-state index in [1.807, 2.05) is 12.1 Å². The van der Waals surface area contributed by atoms with Crippen LogP contribution >= 0.6 is 0 Å². The molecule has 5 heteroatoms. The first-order chi connectivity index (χ1) is 8.33. The number of hydrogen-bond acceptors (Lipinski definition) is 5. The molecule has 2 N–H and O–H groups in total. The Morgan fingerprint density at radius 1 is 1.41 bits per heavy atom. The summed E-state index contributed by atoms with van der Waals surface area (Å²) >= 11 is 0. The second-order valence-electron chi connectivity index (χ2n) is 4.14. The first-order valence-corrected chi connectivity index (χ1v) is 5.72. The standard InChI is InChI=1S/C12H14N4O/c1-8-14-12(17-16-8)15-11-4-2-3-9-7-13-6-5-10(9)11/h2-4,13H,5-7H2,1H3,(H,14,15,16). The minimum absolute atomic E-state index is 0.453. The molecule has 0 aliphatic carbocycles. The molecule has 17 heavy (non-hydrogen) atoms. The van der Waals surface area contributed by atoms with E-state index in [2.05, 4.69) is 26.8 Å². The zero-order valence-electron chi connectivity index (χ0n) is 9.66. The number of nitrogens with one attached hydrogen (secondary N) is 2. The zero-order chi connectivity index (χ0) is 11.7. The maximum absolute atomic E-state index is 5.07. The van der Waals surface area contributed by atoms with Crippen molar-refractivity contribution in [3.05, 3.63) is 35.2 Å². The van der Waals surface area contributed by atoms with Gasteiger partial charge in [0.25, 0.3) is 0 Å². The predicted molar refractivity (Wildman–Crippen MR) is 64.2 cm³/mol. The van der Waals surface area contributed by atoms with Crippen LogP contribution in [0.15, 0.2) is 22.7 Å². The molecule has 1 aliphatic rings. The third-order valence-electron chi connectivity index (χ3n) is 2.91. The van der Waals surface area contributed by atoms with Crippen LogP contribution in [0.2, 0.25) is 0 Å². The minimum atomic E-state index is 0.453. The second kappa shape index (κ2) is 4.18. The number of rotatable bonds is 2. The topological polar surface area (TPSA) is 63.0 Å². The lowest BCUT2D eigenvalue weighted by molar-refractivity contribution is 0.428. The van der Waals surface area contributed by atoms with Gasteiger partial charge in [0.1, 0.15) is 0 Å². The lowest BCUT2D eigenvalue weighted by Gasteiger charge is -2.19. The summed E-state index contributed by atoms with van der Waals surface area (Å²) in [5.41, 5.74) is 3.73. The minimum Gasteiger partial charge on any atom is -0.315 e. The summed E-state index contributed by atoms with van der Waals surface area (Å²) in [6.07, 6.45) is 1.02. The van der Waals surface area contributed by atoms with Gasteiger partial charge in [0.05, 0.1) is 0 Å². The summed E-state index contributed by atoms with van der Waals surface area (Å²) < 4.78 is 5.07. The van der Waals surface area contributed by atoms with Crippen LogP contribution in [0.1, 0.15) is 17.0 Å². The van der Waals surface area contributed by atoms with Crippen molar-refractivity contribution in [3.63, 3.8) is 0 Å². The van der Waals surface area contributed by atoms with Gasteiger partial charge in [-0.3, -0.25) is 0 Å². The Bertz CT molecular complexity index is 535. The molecular formula is C12H14N4O.